The topological polar surface area (TPSA) is 120 Å². The van der Waals surface area contributed by atoms with Gasteiger partial charge in [-0.25, -0.2) is 0 Å². The van der Waals surface area contributed by atoms with E-state index in [0.717, 1.165) is 10.8 Å². The quantitative estimate of drug-likeness (QED) is 0.226. The minimum Gasteiger partial charge on any atom is -0.370 e. The van der Waals surface area contributed by atoms with Crippen molar-refractivity contribution in [2.45, 2.75) is 18.9 Å². The second-order valence-electron chi connectivity index (χ2n) is 6.89. The standard InChI is InChI=1S/C23H25N5O2/c24-23(25)26-15-7-14-20(28-21(29)17-9-2-1-3-10-17)22(30)27-19-13-6-11-16-8-4-5-12-18(16)19/h1-6,8-13,20H,7,14-15H2,(H,27,30)(H,28,29)(H4,24,25,26). The Morgan fingerprint density at radius 3 is 2.40 bits per heavy atom. The lowest BCUT2D eigenvalue weighted by atomic mass is 10.1. The molecule has 0 saturated heterocycles. The maximum atomic E-state index is 13.0. The predicted octanol–water partition coefficient (Wildman–Crippen LogP) is 2.84. The Morgan fingerprint density at radius 2 is 1.63 bits per heavy atom. The number of anilines is 1. The second-order valence-corrected chi connectivity index (χ2v) is 6.89. The fourth-order valence-electron chi connectivity index (χ4n) is 3.18. The molecule has 0 heterocycles. The SMILES string of the molecule is N=C(N)NCCCC(NC(=O)c1ccccc1)C(=O)Nc1cccc2ccccc12. The van der Waals surface area contributed by atoms with Crippen molar-refractivity contribution in [3.63, 3.8) is 0 Å². The molecule has 7 nitrogen and oxygen atoms in total. The molecule has 3 aromatic rings. The summed E-state index contributed by atoms with van der Waals surface area (Å²) in [6, 6.07) is 21.5. The van der Waals surface area contributed by atoms with Crippen LogP contribution in [0.3, 0.4) is 0 Å². The monoisotopic (exact) mass is 403 g/mol. The number of carbonyl (C=O) groups is 2. The van der Waals surface area contributed by atoms with E-state index < -0.39 is 6.04 Å². The van der Waals surface area contributed by atoms with Gasteiger partial charge in [-0.3, -0.25) is 15.0 Å². The van der Waals surface area contributed by atoms with E-state index in [1.54, 1.807) is 24.3 Å². The van der Waals surface area contributed by atoms with Crippen molar-refractivity contribution in [3.8, 4) is 0 Å². The van der Waals surface area contributed by atoms with Crippen LogP contribution in [-0.2, 0) is 4.79 Å². The summed E-state index contributed by atoms with van der Waals surface area (Å²) in [5.41, 5.74) is 6.49. The molecule has 154 valence electrons. The van der Waals surface area contributed by atoms with E-state index in [-0.39, 0.29) is 17.8 Å². The third-order valence-electron chi connectivity index (χ3n) is 4.69. The van der Waals surface area contributed by atoms with Gasteiger partial charge in [-0.15, -0.1) is 0 Å². The average molecular weight is 403 g/mol. The Kier molecular flexibility index (Phi) is 7.00. The minimum atomic E-state index is -0.731. The lowest BCUT2D eigenvalue weighted by Crippen LogP contribution is -2.44. The number of fused-ring (bicyclic) bond motifs is 1. The Hall–Kier alpha value is -3.87. The third-order valence-corrected chi connectivity index (χ3v) is 4.69. The van der Waals surface area contributed by atoms with E-state index in [2.05, 4.69) is 16.0 Å². The average Bonchev–Trinajstić information content (AvgIpc) is 2.76. The molecule has 1 unspecified atom stereocenters. The summed E-state index contributed by atoms with van der Waals surface area (Å²) in [7, 11) is 0. The van der Waals surface area contributed by atoms with Crippen LogP contribution in [-0.4, -0.2) is 30.4 Å². The summed E-state index contributed by atoms with van der Waals surface area (Å²) in [5, 5.41) is 17.7. The first-order valence-electron chi connectivity index (χ1n) is 9.77. The second kappa shape index (κ2) is 10.1. The van der Waals surface area contributed by atoms with Gasteiger partial charge in [0.05, 0.1) is 0 Å². The van der Waals surface area contributed by atoms with Gasteiger partial charge in [0.25, 0.3) is 5.91 Å². The summed E-state index contributed by atoms with van der Waals surface area (Å²) in [5.74, 6) is -0.730. The van der Waals surface area contributed by atoms with Crippen molar-refractivity contribution in [3.05, 3.63) is 78.4 Å². The molecule has 30 heavy (non-hydrogen) atoms. The predicted molar refractivity (Wildman–Crippen MR) is 119 cm³/mol. The number of nitrogens with one attached hydrogen (secondary N) is 4. The number of nitrogens with two attached hydrogens (primary N) is 1. The number of guanidine groups is 1. The van der Waals surface area contributed by atoms with Crippen LogP contribution >= 0.6 is 0 Å². The first kappa shape index (κ1) is 20.9. The molecule has 0 aliphatic carbocycles. The van der Waals surface area contributed by atoms with Crippen molar-refractivity contribution in [2.75, 3.05) is 11.9 Å². The maximum Gasteiger partial charge on any atom is 0.251 e. The zero-order chi connectivity index (χ0) is 21.3. The van der Waals surface area contributed by atoms with Crippen molar-refractivity contribution in [1.82, 2.24) is 10.6 Å². The first-order valence-corrected chi connectivity index (χ1v) is 9.77. The van der Waals surface area contributed by atoms with Gasteiger partial charge in [-0.05, 0) is 36.4 Å². The van der Waals surface area contributed by atoms with E-state index >= 15 is 0 Å². The van der Waals surface area contributed by atoms with Gasteiger partial charge < -0.3 is 21.7 Å². The Balaban J connectivity index is 1.74. The zero-order valence-corrected chi connectivity index (χ0v) is 16.5. The van der Waals surface area contributed by atoms with Crippen LogP contribution in [0.15, 0.2) is 72.8 Å². The number of benzene rings is 3. The summed E-state index contributed by atoms with van der Waals surface area (Å²) in [6.07, 6.45) is 0.956. The van der Waals surface area contributed by atoms with Gasteiger partial charge in [-0.1, -0.05) is 54.6 Å². The normalized spacial score (nSPS) is 11.5. The molecule has 0 aromatic heterocycles. The van der Waals surface area contributed by atoms with Gasteiger partial charge in [-0.2, -0.15) is 0 Å². The maximum absolute atomic E-state index is 13.0. The smallest absolute Gasteiger partial charge is 0.251 e. The summed E-state index contributed by atoms with van der Waals surface area (Å²) in [4.78, 5) is 25.6. The lowest BCUT2D eigenvalue weighted by Gasteiger charge is -2.19. The fourth-order valence-corrected chi connectivity index (χ4v) is 3.18. The van der Waals surface area contributed by atoms with E-state index in [9.17, 15) is 9.59 Å². The molecular weight excluding hydrogens is 378 g/mol. The Labute approximate surface area is 175 Å². The molecular formula is C23H25N5O2. The molecule has 0 aliphatic heterocycles. The van der Waals surface area contributed by atoms with Crippen LogP contribution in [0.2, 0.25) is 0 Å². The molecule has 1 atom stereocenters. The highest BCUT2D eigenvalue weighted by Gasteiger charge is 2.22. The van der Waals surface area contributed by atoms with Gasteiger partial charge in [0, 0.05) is 23.2 Å². The first-order chi connectivity index (χ1) is 14.5. The number of hydrogen-bond donors (Lipinski definition) is 5. The Bertz CT molecular complexity index is 1030. The largest absolute Gasteiger partial charge is 0.370 e. The van der Waals surface area contributed by atoms with Gasteiger partial charge >= 0.3 is 0 Å². The van der Waals surface area contributed by atoms with Crippen LogP contribution in [0.1, 0.15) is 23.2 Å². The fraction of sp³-hybridized carbons (Fsp3) is 0.174. The van der Waals surface area contributed by atoms with E-state index in [4.69, 9.17) is 11.1 Å². The van der Waals surface area contributed by atoms with Crippen LogP contribution < -0.4 is 21.7 Å². The summed E-state index contributed by atoms with van der Waals surface area (Å²) >= 11 is 0. The molecule has 0 fully saturated rings. The highest BCUT2D eigenvalue weighted by Crippen LogP contribution is 2.23. The molecule has 2 amide bonds. The molecule has 3 rings (SSSR count). The summed E-state index contributed by atoms with van der Waals surface area (Å²) in [6.45, 7) is 0.439. The van der Waals surface area contributed by atoms with Crippen LogP contribution in [0.25, 0.3) is 10.8 Å². The van der Waals surface area contributed by atoms with Crippen molar-refractivity contribution in [1.29, 1.82) is 5.41 Å². The van der Waals surface area contributed by atoms with E-state index in [1.165, 1.54) is 0 Å². The highest BCUT2D eigenvalue weighted by atomic mass is 16.2. The highest BCUT2D eigenvalue weighted by molar-refractivity contribution is 6.05. The Morgan fingerprint density at radius 1 is 0.933 bits per heavy atom. The third kappa shape index (κ3) is 5.57. The van der Waals surface area contributed by atoms with Gasteiger partial charge in [0.2, 0.25) is 5.91 Å². The lowest BCUT2D eigenvalue weighted by molar-refractivity contribution is -0.118. The van der Waals surface area contributed by atoms with Crippen LogP contribution in [0.4, 0.5) is 5.69 Å². The van der Waals surface area contributed by atoms with E-state index in [1.807, 2.05) is 48.5 Å². The van der Waals surface area contributed by atoms with Crippen LogP contribution in [0.5, 0.6) is 0 Å². The summed E-state index contributed by atoms with van der Waals surface area (Å²) < 4.78 is 0. The minimum absolute atomic E-state index is 0.125. The van der Waals surface area contributed by atoms with Crippen molar-refractivity contribution >= 4 is 34.2 Å². The zero-order valence-electron chi connectivity index (χ0n) is 16.5. The molecule has 0 radical (unpaired) electrons. The van der Waals surface area contributed by atoms with Crippen LogP contribution in [0, 0.1) is 5.41 Å². The molecule has 6 N–H and O–H groups in total. The number of rotatable bonds is 8. The van der Waals surface area contributed by atoms with Crippen molar-refractivity contribution in [2.24, 2.45) is 5.73 Å². The number of amides is 2. The molecule has 0 spiro atoms. The number of carbonyl (C=O) groups excluding carboxylic acids is 2. The molecule has 0 saturated carbocycles. The number of hydrogen-bond acceptors (Lipinski definition) is 3. The van der Waals surface area contributed by atoms with Crippen molar-refractivity contribution < 1.29 is 9.59 Å². The van der Waals surface area contributed by atoms with E-state index in [0.29, 0.717) is 30.6 Å². The molecule has 0 aliphatic rings. The molecule has 3 aromatic carbocycles. The molecule has 7 heteroatoms. The van der Waals surface area contributed by atoms with Gasteiger partial charge in [0.1, 0.15) is 6.04 Å². The molecule has 0 bridgehead atoms. The van der Waals surface area contributed by atoms with Gasteiger partial charge in [0.15, 0.2) is 5.96 Å².